The van der Waals surface area contributed by atoms with Crippen molar-refractivity contribution in [3.8, 4) is 0 Å². The third-order valence-electron chi connectivity index (χ3n) is 3.55. The summed E-state index contributed by atoms with van der Waals surface area (Å²) >= 11 is 5.95. The van der Waals surface area contributed by atoms with E-state index >= 15 is 0 Å². The van der Waals surface area contributed by atoms with Crippen LogP contribution in [-0.2, 0) is 14.4 Å². The Bertz CT molecular complexity index is 655. The van der Waals surface area contributed by atoms with Crippen molar-refractivity contribution in [2.45, 2.75) is 32.7 Å². The number of rotatable bonds is 4. The van der Waals surface area contributed by atoms with E-state index in [0.717, 1.165) is 0 Å². The molecule has 0 saturated carbocycles. The molecule has 3 amide bonds. The van der Waals surface area contributed by atoms with E-state index in [9.17, 15) is 14.4 Å². The van der Waals surface area contributed by atoms with Gasteiger partial charge in [-0.1, -0.05) is 17.7 Å². The maximum atomic E-state index is 12.2. The van der Waals surface area contributed by atoms with Gasteiger partial charge in [-0.3, -0.25) is 14.4 Å². The second kappa shape index (κ2) is 7.21. The van der Waals surface area contributed by atoms with Gasteiger partial charge in [0.1, 0.15) is 0 Å². The van der Waals surface area contributed by atoms with Gasteiger partial charge in [-0.15, -0.1) is 0 Å². The molecule has 6 nitrogen and oxygen atoms in total. The standard InChI is InChI=1S/C17H22ClN3O3/c1-17(2,3)20-14(22)9-19-16(24)11-7-15(23)21(10-11)13-6-4-5-12(18)8-13/h4-6,8,11H,7,9-10H2,1-3H3,(H,19,24)(H,20,22). The van der Waals surface area contributed by atoms with Gasteiger partial charge in [0, 0.05) is 29.2 Å². The van der Waals surface area contributed by atoms with E-state index in [0.29, 0.717) is 10.7 Å². The summed E-state index contributed by atoms with van der Waals surface area (Å²) in [6, 6.07) is 6.95. The number of nitrogens with one attached hydrogen (secondary N) is 2. The predicted octanol–water partition coefficient (Wildman–Crippen LogP) is 1.72. The molecule has 7 heteroatoms. The van der Waals surface area contributed by atoms with Crippen LogP contribution in [0.15, 0.2) is 24.3 Å². The summed E-state index contributed by atoms with van der Waals surface area (Å²) in [4.78, 5) is 37.7. The van der Waals surface area contributed by atoms with E-state index in [-0.39, 0.29) is 42.8 Å². The van der Waals surface area contributed by atoms with Gasteiger partial charge in [-0.25, -0.2) is 0 Å². The predicted molar refractivity (Wildman–Crippen MR) is 92.8 cm³/mol. The molecule has 24 heavy (non-hydrogen) atoms. The number of amides is 3. The highest BCUT2D eigenvalue weighted by atomic mass is 35.5. The molecule has 1 aliphatic rings. The van der Waals surface area contributed by atoms with E-state index in [1.165, 1.54) is 0 Å². The van der Waals surface area contributed by atoms with E-state index in [4.69, 9.17) is 11.6 Å². The number of nitrogens with zero attached hydrogens (tertiary/aromatic N) is 1. The molecular formula is C17H22ClN3O3. The average molecular weight is 352 g/mol. The van der Waals surface area contributed by atoms with Gasteiger partial charge in [-0.05, 0) is 39.0 Å². The summed E-state index contributed by atoms with van der Waals surface area (Å²) in [5.41, 5.74) is 0.322. The van der Waals surface area contributed by atoms with Crippen molar-refractivity contribution in [3.05, 3.63) is 29.3 Å². The van der Waals surface area contributed by atoms with Gasteiger partial charge in [-0.2, -0.15) is 0 Å². The summed E-state index contributed by atoms with van der Waals surface area (Å²) in [7, 11) is 0. The molecule has 1 aliphatic heterocycles. The summed E-state index contributed by atoms with van der Waals surface area (Å²) in [5.74, 6) is -1.15. The van der Waals surface area contributed by atoms with Crippen LogP contribution in [0.2, 0.25) is 5.02 Å². The number of halogens is 1. The smallest absolute Gasteiger partial charge is 0.239 e. The zero-order valence-electron chi connectivity index (χ0n) is 14.1. The fourth-order valence-electron chi connectivity index (χ4n) is 2.55. The Balaban J connectivity index is 1.91. The molecule has 2 N–H and O–H groups in total. The first kappa shape index (κ1) is 18.3. The van der Waals surface area contributed by atoms with E-state index in [1.807, 2.05) is 20.8 Å². The molecule has 1 atom stereocenters. The van der Waals surface area contributed by atoms with Crippen LogP contribution in [0.3, 0.4) is 0 Å². The minimum absolute atomic E-state index is 0.0992. The Hall–Kier alpha value is -2.08. The Morgan fingerprint density at radius 3 is 2.67 bits per heavy atom. The van der Waals surface area contributed by atoms with Crippen molar-refractivity contribution < 1.29 is 14.4 Å². The Morgan fingerprint density at radius 2 is 2.04 bits per heavy atom. The van der Waals surface area contributed by atoms with Crippen molar-refractivity contribution in [1.82, 2.24) is 10.6 Å². The molecule has 0 aliphatic carbocycles. The van der Waals surface area contributed by atoms with Crippen LogP contribution in [0.25, 0.3) is 0 Å². The largest absolute Gasteiger partial charge is 0.350 e. The maximum Gasteiger partial charge on any atom is 0.239 e. The van der Waals surface area contributed by atoms with Crippen LogP contribution in [0.1, 0.15) is 27.2 Å². The first-order valence-electron chi connectivity index (χ1n) is 7.80. The van der Waals surface area contributed by atoms with Crippen molar-refractivity contribution in [3.63, 3.8) is 0 Å². The third-order valence-corrected chi connectivity index (χ3v) is 3.79. The van der Waals surface area contributed by atoms with Crippen LogP contribution in [0, 0.1) is 5.92 Å². The van der Waals surface area contributed by atoms with Gasteiger partial charge >= 0.3 is 0 Å². The normalized spacial score (nSPS) is 17.8. The molecule has 0 spiro atoms. The summed E-state index contributed by atoms with van der Waals surface area (Å²) < 4.78 is 0. The highest BCUT2D eigenvalue weighted by molar-refractivity contribution is 6.31. The molecule has 1 heterocycles. The fourth-order valence-corrected chi connectivity index (χ4v) is 2.74. The number of benzene rings is 1. The van der Waals surface area contributed by atoms with Crippen LogP contribution in [0.4, 0.5) is 5.69 Å². The van der Waals surface area contributed by atoms with Gasteiger partial charge < -0.3 is 15.5 Å². The van der Waals surface area contributed by atoms with Crippen LogP contribution >= 0.6 is 11.6 Å². The molecular weight excluding hydrogens is 330 g/mol. The van der Waals surface area contributed by atoms with Gasteiger partial charge in [0.25, 0.3) is 0 Å². The fraction of sp³-hybridized carbons (Fsp3) is 0.471. The zero-order chi connectivity index (χ0) is 17.9. The molecule has 1 unspecified atom stereocenters. The lowest BCUT2D eigenvalue weighted by atomic mass is 10.1. The van der Waals surface area contributed by atoms with Crippen molar-refractivity contribution in [2.75, 3.05) is 18.0 Å². The molecule has 1 aromatic carbocycles. The molecule has 0 aromatic heterocycles. The minimum Gasteiger partial charge on any atom is -0.350 e. The summed E-state index contributed by atoms with van der Waals surface area (Å²) in [6.45, 7) is 5.78. The topological polar surface area (TPSA) is 78.5 Å². The average Bonchev–Trinajstić information content (AvgIpc) is 2.85. The van der Waals surface area contributed by atoms with Crippen LogP contribution in [0.5, 0.6) is 0 Å². The first-order chi connectivity index (χ1) is 11.2. The molecule has 2 rings (SSSR count). The maximum absolute atomic E-state index is 12.2. The number of anilines is 1. The number of hydrogen-bond acceptors (Lipinski definition) is 3. The lowest BCUT2D eigenvalue weighted by Crippen LogP contribution is -2.46. The van der Waals surface area contributed by atoms with E-state index in [1.54, 1.807) is 29.2 Å². The van der Waals surface area contributed by atoms with Crippen LogP contribution in [-0.4, -0.2) is 36.3 Å². The van der Waals surface area contributed by atoms with E-state index < -0.39 is 5.92 Å². The quantitative estimate of drug-likeness (QED) is 0.867. The second-order valence-electron chi connectivity index (χ2n) is 6.90. The molecule has 1 fully saturated rings. The minimum atomic E-state index is -0.473. The van der Waals surface area contributed by atoms with Gasteiger partial charge in [0.2, 0.25) is 17.7 Å². The van der Waals surface area contributed by atoms with Crippen LogP contribution < -0.4 is 15.5 Å². The SMILES string of the molecule is CC(C)(C)NC(=O)CNC(=O)C1CC(=O)N(c2cccc(Cl)c2)C1. The van der Waals surface area contributed by atoms with Gasteiger partial charge in [0.15, 0.2) is 0 Å². The number of hydrogen-bond donors (Lipinski definition) is 2. The molecule has 130 valence electrons. The van der Waals surface area contributed by atoms with Crippen molar-refractivity contribution in [1.29, 1.82) is 0 Å². The Labute approximate surface area is 146 Å². The highest BCUT2D eigenvalue weighted by Gasteiger charge is 2.35. The summed E-state index contributed by atoms with van der Waals surface area (Å²) in [6.07, 6.45) is 0.124. The van der Waals surface area contributed by atoms with Crippen molar-refractivity contribution >= 4 is 35.0 Å². The molecule has 1 aromatic rings. The highest BCUT2D eigenvalue weighted by Crippen LogP contribution is 2.27. The monoisotopic (exact) mass is 351 g/mol. The molecule has 0 radical (unpaired) electrons. The first-order valence-corrected chi connectivity index (χ1v) is 8.18. The Kier molecular flexibility index (Phi) is 5.49. The third kappa shape index (κ3) is 4.96. The molecule has 1 saturated heterocycles. The van der Waals surface area contributed by atoms with Crippen molar-refractivity contribution in [2.24, 2.45) is 5.92 Å². The lowest BCUT2D eigenvalue weighted by Gasteiger charge is -2.21. The van der Waals surface area contributed by atoms with Gasteiger partial charge in [0.05, 0.1) is 12.5 Å². The second-order valence-corrected chi connectivity index (χ2v) is 7.34. The molecule has 0 bridgehead atoms. The summed E-state index contributed by atoms with van der Waals surface area (Å²) in [5, 5.41) is 5.90. The van der Waals surface area contributed by atoms with E-state index in [2.05, 4.69) is 10.6 Å². The Morgan fingerprint density at radius 1 is 1.33 bits per heavy atom. The number of carbonyl (C=O) groups excluding carboxylic acids is 3. The number of carbonyl (C=O) groups is 3. The zero-order valence-corrected chi connectivity index (χ0v) is 14.8. The lowest BCUT2D eigenvalue weighted by molar-refractivity contribution is -0.129.